The molecule has 0 spiro atoms. The number of carboxylic acid groups (broad SMARTS) is 1. The van der Waals surface area contributed by atoms with Crippen molar-refractivity contribution in [2.24, 2.45) is 11.3 Å². The molecule has 1 fully saturated rings. The van der Waals surface area contributed by atoms with Gasteiger partial charge in [-0.05, 0) is 85.4 Å². The number of aryl methyl sites for hydroxylation is 1. The molecule has 2 aromatic rings. The SMILES string of the molecule is Cc1cc(NC(=O)N(Cc2ccc(C(=O)NCC(O)C(=O)O)cc2)C2CCC(C(C)(C)C)CC2)cc(C(F)(F)F)c1. The average Bonchev–Trinajstić information content (AvgIpc) is 2.89. The monoisotopic (exact) mass is 577 g/mol. The maximum atomic E-state index is 13.5. The lowest BCUT2D eigenvalue weighted by Crippen LogP contribution is -2.45. The number of hydrogen-bond donors (Lipinski definition) is 4. The van der Waals surface area contributed by atoms with Crippen LogP contribution in [0, 0.1) is 18.3 Å². The van der Waals surface area contributed by atoms with E-state index in [2.05, 4.69) is 31.4 Å². The van der Waals surface area contributed by atoms with Gasteiger partial charge in [0.2, 0.25) is 0 Å². The Morgan fingerprint density at radius 1 is 1.00 bits per heavy atom. The molecule has 4 N–H and O–H groups in total. The van der Waals surface area contributed by atoms with Gasteiger partial charge in [-0.15, -0.1) is 0 Å². The summed E-state index contributed by atoms with van der Waals surface area (Å²) in [6.45, 7) is 7.84. The van der Waals surface area contributed by atoms with Crippen LogP contribution in [-0.4, -0.2) is 51.7 Å². The van der Waals surface area contributed by atoms with Crippen molar-refractivity contribution in [3.63, 3.8) is 0 Å². The van der Waals surface area contributed by atoms with Gasteiger partial charge in [-0.25, -0.2) is 9.59 Å². The first-order chi connectivity index (χ1) is 19.0. The highest BCUT2D eigenvalue weighted by Crippen LogP contribution is 2.39. The summed E-state index contributed by atoms with van der Waals surface area (Å²) < 4.78 is 40.1. The van der Waals surface area contributed by atoms with Crippen molar-refractivity contribution in [1.82, 2.24) is 10.2 Å². The summed E-state index contributed by atoms with van der Waals surface area (Å²) in [4.78, 5) is 38.3. The van der Waals surface area contributed by atoms with Gasteiger partial charge in [-0.3, -0.25) is 4.79 Å². The van der Waals surface area contributed by atoms with E-state index in [-0.39, 0.29) is 29.3 Å². The summed E-state index contributed by atoms with van der Waals surface area (Å²) in [5.41, 5.74) is 0.677. The van der Waals surface area contributed by atoms with E-state index in [1.165, 1.54) is 25.1 Å². The molecule has 1 unspecified atom stereocenters. The molecule has 3 amide bonds. The van der Waals surface area contributed by atoms with E-state index < -0.39 is 42.3 Å². The number of rotatable bonds is 8. The van der Waals surface area contributed by atoms with E-state index in [1.54, 1.807) is 17.0 Å². The van der Waals surface area contributed by atoms with Crippen LogP contribution in [0.4, 0.5) is 23.7 Å². The fraction of sp³-hybridized carbons (Fsp3) is 0.500. The minimum Gasteiger partial charge on any atom is -0.479 e. The van der Waals surface area contributed by atoms with E-state index in [9.17, 15) is 32.7 Å². The second-order valence-corrected chi connectivity index (χ2v) is 11.8. The van der Waals surface area contributed by atoms with Gasteiger partial charge in [-0.1, -0.05) is 32.9 Å². The number of anilines is 1. The molecule has 2 aromatic carbocycles. The van der Waals surface area contributed by atoms with Crippen molar-refractivity contribution < 1.29 is 37.8 Å². The third kappa shape index (κ3) is 8.94. The zero-order chi connectivity index (χ0) is 30.5. The van der Waals surface area contributed by atoms with Crippen molar-refractivity contribution in [3.8, 4) is 0 Å². The Morgan fingerprint density at radius 3 is 2.15 bits per heavy atom. The fourth-order valence-electron chi connectivity index (χ4n) is 5.17. The molecular weight excluding hydrogens is 539 g/mol. The molecule has 0 saturated heterocycles. The molecule has 0 aromatic heterocycles. The van der Waals surface area contributed by atoms with Crippen molar-refractivity contribution in [2.45, 2.75) is 78.2 Å². The Hall–Kier alpha value is -3.60. The zero-order valence-electron chi connectivity index (χ0n) is 23.7. The van der Waals surface area contributed by atoms with Crippen LogP contribution in [0.5, 0.6) is 0 Å². The Labute approximate surface area is 237 Å². The summed E-state index contributed by atoms with van der Waals surface area (Å²) in [6.07, 6.45) is -2.92. The maximum Gasteiger partial charge on any atom is 0.416 e. The number of carbonyl (C=O) groups excluding carboxylic acids is 2. The van der Waals surface area contributed by atoms with Crippen LogP contribution in [0.15, 0.2) is 42.5 Å². The number of hydrogen-bond acceptors (Lipinski definition) is 4. The number of urea groups is 1. The van der Waals surface area contributed by atoms with Gasteiger partial charge >= 0.3 is 18.2 Å². The summed E-state index contributed by atoms with van der Waals surface area (Å²) in [5.74, 6) is -1.52. The second-order valence-electron chi connectivity index (χ2n) is 11.8. The highest BCUT2D eigenvalue weighted by atomic mass is 19.4. The molecule has 41 heavy (non-hydrogen) atoms. The lowest BCUT2D eigenvalue weighted by atomic mass is 9.71. The number of amides is 3. The maximum absolute atomic E-state index is 13.5. The van der Waals surface area contributed by atoms with E-state index in [1.807, 2.05) is 0 Å². The molecule has 224 valence electrons. The van der Waals surface area contributed by atoms with Crippen molar-refractivity contribution in [3.05, 3.63) is 64.7 Å². The molecule has 11 heteroatoms. The van der Waals surface area contributed by atoms with Crippen molar-refractivity contribution in [2.75, 3.05) is 11.9 Å². The van der Waals surface area contributed by atoms with Crippen molar-refractivity contribution in [1.29, 1.82) is 0 Å². The fourth-order valence-corrected chi connectivity index (χ4v) is 5.17. The number of benzene rings is 2. The quantitative estimate of drug-likeness (QED) is 0.315. The Kier molecular flexibility index (Phi) is 10.1. The average molecular weight is 578 g/mol. The number of nitrogens with one attached hydrogen (secondary N) is 2. The lowest BCUT2D eigenvalue weighted by molar-refractivity contribution is -0.146. The van der Waals surface area contributed by atoms with Gasteiger partial charge in [0.25, 0.3) is 5.91 Å². The van der Waals surface area contributed by atoms with Crippen LogP contribution in [0.25, 0.3) is 0 Å². The first-order valence-electron chi connectivity index (χ1n) is 13.6. The first-order valence-corrected chi connectivity index (χ1v) is 13.6. The Bertz CT molecular complexity index is 1230. The van der Waals surface area contributed by atoms with Crippen LogP contribution in [0.1, 0.15) is 73.5 Å². The van der Waals surface area contributed by atoms with E-state index in [0.29, 0.717) is 17.0 Å². The highest BCUT2D eigenvalue weighted by Gasteiger charge is 2.34. The standard InChI is InChI=1S/C30H38F3N3O5/c1-18-13-22(30(31,32)33)15-23(14-18)35-28(41)36(24-11-9-21(10-12-24)29(2,3)4)17-19-5-7-20(8-6-19)26(38)34-16-25(37)27(39)40/h5-8,13-15,21,24-25,37H,9-12,16-17H2,1-4H3,(H,34,38)(H,35,41)(H,39,40). The smallest absolute Gasteiger partial charge is 0.416 e. The second kappa shape index (κ2) is 12.9. The molecular formula is C30H38F3N3O5. The van der Waals surface area contributed by atoms with Gasteiger partial charge in [0, 0.05) is 23.8 Å². The third-order valence-corrected chi connectivity index (χ3v) is 7.59. The predicted octanol–water partition coefficient (Wildman–Crippen LogP) is 5.83. The minimum absolute atomic E-state index is 0.0614. The number of carboxylic acids is 1. The summed E-state index contributed by atoms with van der Waals surface area (Å²) in [6, 6.07) is 9.21. The minimum atomic E-state index is -4.55. The lowest BCUT2D eigenvalue weighted by Gasteiger charge is -2.41. The van der Waals surface area contributed by atoms with Crippen LogP contribution in [0.2, 0.25) is 0 Å². The molecule has 0 radical (unpaired) electrons. The van der Waals surface area contributed by atoms with Gasteiger partial charge in [0.05, 0.1) is 12.1 Å². The molecule has 1 aliphatic carbocycles. The molecule has 0 heterocycles. The zero-order valence-corrected chi connectivity index (χ0v) is 23.7. The van der Waals surface area contributed by atoms with E-state index in [0.717, 1.165) is 37.8 Å². The molecule has 8 nitrogen and oxygen atoms in total. The number of aliphatic hydroxyl groups is 1. The predicted molar refractivity (Wildman–Crippen MR) is 148 cm³/mol. The van der Waals surface area contributed by atoms with E-state index in [4.69, 9.17) is 5.11 Å². The topological polar surface area (TPSA) is 119 Å². The van der Waals surface area contributed by atoms with Crippen LogP contribution < -0.4 is 10.6 Å². The molecule has 0 bridgehead atoms. The summed E-state index contributed by atoms with van der Waals surface area (Å²) in [7, 11) is 0. The van der Waals surface area contributed by atoms with Gasteiger partial charge in [-0.2, -0.15) is 13.2 Å². The molecule has 1 aliphatic rings. The number of carbonyl (C=O) groups is 3. The first kappa shape index (κ1) is 31.9. The molecule has 1 atom stereocenters. The Balaban J connectivity index is 1.79. The van der Waals surface area contributed by atoms with Crippen LogP contribution >= 0.6 is 0 Å². The Morgan fingerprint density at radius 2 is 1.61 bits per heavy atom. The van der Waals surface area contributed by atoms with Crippen LogP contribution in [-0.2, 0) is 17.5 Å². The van der Waals surface area contributed by atoms with Crippen LogP contribution in [0.3, 0.4) is 0 Å². The molecule has 3 rings (SSSR count). The van der Waals surface area contributed by atoms with Gasteiger partial charge in [0.1, 0.15) is 0 Å². The summed E-state index contributed by atoms with van der Waals surface area (Å²) in [5, 5.41) is 23.1. The number of aliphatic hydroxyl groups excluding tert-OH is 1. The summed E-state index contributed by atoms with van der Waals surface area (Å²) >= 11 is 0. The van der Waals surface area contributed by atoms with E-state index >= 15 is 0 Å². The number of aliphatic carboxylic acids is 1. The van der Waals surface area contributed by atoms with Gasteiger partial charge < -0.3 is 25.7 Å². The number of alkyl halides is 3. The number of halogens is 3. The largest absolute Gasteiger partial charge is 0.479 e. The third-order valence-electron chi connectivity index (χ3n) is 7.59. The number of nitrogens with zero attached hydrogens (tertiary/aromatic N) is 1. The molecule has 0 aliphatic heterocycles. The molecule has 1 saturated carbocycles. The highest BCUT2D eigenvalue weighted by molar-refractivity contribution is 5.94. The van der Waals surface area contributed by atoms with Gasteiger partial charge in [0.15, 0.2) is 6.10 Å². The van der Waals surface area contributed by atoms with Crippen molar-refractivity contribution >= 4 is 23.6 Å². The normalized spacial score (nSPS) is 18.3.